The van der Waals surface area contributed by atoms with Gasteiger partial charge in [0.15, 0.2) is 0 Å². The Bertz CT molecular complexity index is 965. The maximum atomic E-state index is 13.2. The smallest absolute Gasteiger partial charge is 0.239 e. The number of aromatic nitrogens is 2. The van der Waals surface area contributed by atoms with Gasteiger partial charge >= 0.3 is 0 Å². The first-order valence-corrected chi connectivity index (χ1v) is 9.45. The first-order chi connectivity index (χ1) is 13.8. The molecule has 3 aromatic rings. The number of aryl methyl sites for hydroxylation is 1. The van der Waals surface area contributed by atoms with Crippen LogP contribution in [0.5, 0.6) is 0 Å². The fraction of sp³-hybridized carbons (Fsp3) is 0.273. The van der Waals surface area contributed by atoms with Crippen molar-refractivity contribution in [3.05, 3.63) is 77.5 Å². The number of rotatable bonds is 7. The van der Waals surface area contributed by atoms with E-state index in [1.54, 1.807) is 35.0 Å². The van der Waals surface area contributed by atoms with Crippen molar-refractivity contribution < 1.29 is 13.6 Å². The van der Waals surface area contributed by atoms with E-state index in [2.05, 4.69) is 15.7 Å². The van der Waals surface area contributed by atoms with E-state index in [1.165, 1.54) is 24.3 Å². The maximum absolute atomic E-state index is 13.2. The summed E-state index contributed by atoms with van der Waals surface area (Å²) in [6, 6.07) is 13.8. The van der Waals surface area contributed by atoms with Crippen molar-refractivity contribution in [1.82, 2.24) is 15.1 Å². The summed E-state index contributed by atoms with van der Waals surface area (Å²) in [5, 5.41) is 10.4. The molecule has 0 aliphatic rings. The number of amides is 1. The van der Waals surface area contributed by atoms with Gasteiger partial charge in [-0.1, -0.05) is 26.0 Å². The first kappa shape index (κ1) is 20.7. The third-order valence-electron chi connectivity index (χ3n) is 4.55. The normalized spacial score (nSPS) is 12.2. The van der Waals surface area contributed by atoms with Crippen LogP contribution in [-0.2, 0) is 4.79 Å². The van der Waals surface area contributed by atoms with E-state index < -0.39 is 0 Å². The largest absolute Gasteiger partial charge is 0.309 e. The number of nitrogens with zero attached hydrogens (tertiary/aromatic N) is 2. The zero-order chi connectivity index (χ0) is 21.0. The fourth-order valence-electron chi connectivity index (χ4n) is 3.17. The van der Waals surface area contributed by atoms with Gasteiger partial charge in [0.25, 0.3) is 0 Å². The van der Waals surface area contributed by atoms with Crippen LogP contribution in [-0.4, -0.2) is 22.2 Å². The topological polar surface area (TPSA) is 59.0 Å². The molecule has 7 heteroatoms. The molecule has 1 unspecified atom stereocenters. The molecule has 1 heterocycles. The van der Waals surface area contributed by atoms with Gasteiger partial charge in [-0.25, -0.2) is 13.5 Å². The van der Waals surface area contributed by atoms with Crippen LogP contribution in [0.3, 0.4) is 0 Å². The Balaban J connectivity index is 1.69. The number of hydrogen-bond donors (Lipinski definition) is 2. The number of carbonyl (C=O) groups is 1. The van der Waals surface area contributed by atoms with Crippen molar-refractivity contribution in [3.63, 3.8) is 0 Å². The Hall–Kier alpha value is -3.06. The minimum Gasteiger partial charge on any atom is -0.309 e. The second kappa shape index (κ2) is 8.96. The van der Waals surface area contributed by atoms with Crippen LogP contribution in [0.15, 0.2) is 54.6 Å². The summed E-state index contributed by atoms with van der Waals surface area (Å²) in [7, 11) is 0. The van der Waals surface area contributed by atoms with Gasteiger partial charge in [-0.3, -0.25) is 4.79 Å². The minimum atomic E-state index is -0.340. The predicted octanol–water partition coefficient (Wildman–Crippen LogP) is 4.38. The van der Waals surface area contributed by atoms with Crippen molar-refractivity contribution >= 4 is 11.7 Å². The van der Waals surface area contributed by atoms with Gasteiger partial charge in [-0.2, -0.15) is 5.10 Å². The van der Waals surface area contributed by atoms with Crippen molar-refractivity contribution in [2.75, 3.05) is 11.9 Å². The van der Waals surface area contributed by atoms with Gasteiger partial charge in [-0.15, -0.1) is 0 Å². The highest BCUT2D eigenvalue weighted by molar-refractivity contribution is 5.91. The van der Waals surface area contributed by atoms with Gasteiger partial charge in [0.2, 0.25) is 5.91 Å². The molecule has 152 valence electrons. The SMILES string of the molecule is Cc1cc(NC(=O)CNC(c2ccc(F)cc2)C(C)C)n(-c2ccc(F)cc2)n1. The van der Waals surface area contributed by atoms with Crippen LogP contribution < -0.4 is 10.6 Å². The maximum Gasteiger partial charge on any atom is 0.239 e. The van der Waals surface area contributed by atoms with Gasteiger partial charge in [-0.05, 0) is 54.8 Å². The minimum absolute atomic E-state index is 0.0773. The van der Waals surface area contributed by atoms with Gasteiger partial charge in [0, 0.05) is 12.1 Å². The highest BCUT2D eigenvalue weighted by atomic mass is 19.1. The third-order valence-corrected chi connectivity index (χ3v) is 4.55. The number of hydrogen-bond acceptors (Lipinski definition) is 3. The average molecular weight is 398 g/mol. The zero-order valence-corrected chi connectivity index (χ0v) is 16.6. The van der Waals surface area contributed by atoms with Crippen LogP contribution >= 0.6 is 0 Å². The van der Waals surface area contributed by atoms with E-state index in [4.69, 9.17) is 0 Å². The highest BCUT2D eigenvalue weighted by Gasteiger charge is 2.18. The lowest BCUT2D eigenvalue weighted by Gasteiger charge is -2.23. The lowest BCUT2D eigenvalue weighted by molar-refractivity contribution is -0.115. The summed E-state index contributed by atoms with van der Waals surface area (Å²) in [6.07, 6.45) is 0. The molecule has 2 N–H and O–H groups in total. The second-order valence-electron chi connectivity index (χ2n) is 7.26. The monoisotopic (exact) mass is 398 g/mol. The third kappa shape index (κ3) is 5.26. The van der Waals surface area contributed by atoms with Gasteiger partial charge in [0.05, 0.1) is 17.9 Å². The molecule has 2 aromatic carbocycles. The molecule has 1 amide bonds. The van der Waals surface area contributed by atoms with E-state index in [1.807, 2.05) is 20.8 Å². The van der Waals surface area contributed by atoms with Crippen LogP contribution in [0.25, 0.3) is 5.69 Å². The van der Waals surface area contributed by atoms with Gasteiger partial charge in [0.1, 0.15) is 17.5 Å². The molecule has 1 aromatic heterocycles. The van der Waals surface area contributed by atoms with E-state index in [0.717, 1.165) is 11.3 Å². The summed E-state index contributed by atoms with van der Waals surface area (Å²) in [5.41, 5.74) is 2.29. The standard InChI is InChI=1S/C22H24F2N4O/c1-14(2)22(16-4-6-17(23)7-5-16)25-13-21(29)26-20-12-15(3)27-28(20)19-10-8-18(24)9-11-19/h4-12,14,22,25H,13H2,1-3H3,(H,26,29). The molecule has 0 spiro atoms. The van der Waals surface area contributed by atoms with Crippen LogP contribution in [0.4, 0.5) is 14.6 Å². The Morgan fingerprint density at radius 3 is 2.21 bits per heavy atom. The van der Waals surface area contributed by atoms with Crippen molar-refractivity contribution in [2.24, 2.45) is 5.92 Å². The lowest BCUT2D eigenvalue weighted by atomic mass is 9.96. The Labute approximate surface area is 168 Å². The number of carbonyl (C=O) groups excluding carboxylic acids is 1. The molecule has 0 aliphatic carbocycles. The molecule has 5 nitrogen and oxygen atoms in total. The molecule has 3 rings (SSSR count). The Morgan fingerprint density at radius 2 is 1.62 bits per heavy atom. The van der Waals surface area contributed by atoms with Gasteiger partial charge < -0.3 is 10.6 Å². The fourth-order valence-corrected chi connectivity index (χ4v) is 3.17. The number of anilines is 1. The second-order valence-corrected chi connectivity index (χ2v) is 7.26. The van der Waals surface area contributed by atoms with Crippen LogP contribution in [0.2, 0.25) is 0 Å². The molecule has 0 bridgehead atoms. The highest BCUT2D eigenvalue weighted by Crippen LogP contribution is 2.22. The van der Waals surface area contributed by atoms with Crippen LogP contribution in [0, 0.1) is 24.5 Å². The molecular weight excluding hydrogens is 374 g/mol. The summed E-state index contributed by atoms with van der Waals surface area (Å²) in [5.74, 6) is -0.156. The van der Waals surface area contributed by atoms with E-state index in [0.29, 0.717) is 11.5 Å². The number of halogens is 2. The Morgan fingerprint density at radius 1 is 1.03 bits per heavy atom. The molecule has 0 radical (unpaired) electrons. The van der Waals surface area contributed by atoms with E-state index >= 15 is 0 Å². The number of benzene rings is 2. The van der Waals surface area contributed by atoms with Crippen molar-refractivity contribution in [2.45, 2.75) is 26.8 Å². The van der Waals surface area contributed by atoms with Crippen molar-refractivity contribution in [3.8, 4) is 5.69 Å². The molecule has 0 aliphatic heterocycles. The Kier molecular flexibility index (Phi) is 6.39. The summed E-state index contributed by atoms with van der Waals surface area (Å²) < 4.78 is 28.0. The summed E-state index contributed by atoms with van der Waals surface area (Å²) in [4.78, 5) is 12.5. The molecule has 1 atom stereocenters. The molecule has 0 saturated heterocycles. The van der Waals surface area contributed by atoms with Crippen molar-refractivity contribution in [1.29, 1.82) is 0 Å². The first-order valence-electron chi connectivity index (χ1n) is 9.45. The molecule has 0 saturated carbocycles. The number of nitrogens with one attached hydrogen (secondary N) is 2. The predicted molar refractivity (Wildman–Crippen MR) is 109 cm³/mol. The molecule has 0 fully saturated rings. The summed E-state index contributed by atoms with van der Waals surface area (Å²) in [6.45, 7) is 5.96. The molecule has 29 heavy (non-hydrogen) atoms. The zero-order valence-electron chi connectivity index (χ0n) is 16.6. The summed E-state index contributed by atoms with van der Waals surface area (Å²) >= 11 is 0. The van der Waals surface area contributed by atoms with Crippen LogP contribution in [0.1, 0.15) is 31.1 Å². The molecular formula is C22H24F2N4O. The lowest BCUT2D eigenvalue weighted by Crippen LogP contribution is -2.34. The average Bonchev–Trinajstić information content (AvgIpc) is 3.03. The van der Waals surface area contributed by atoms with E-state index in [9.17, 15) is 13.6 Å². The van der Waals surface area contributed by atoms with E-state index in [-0.39, 0.29) is 36.0 Å². The quantitative estimate of drug-likeness (QED) is 0.621.